The van der Waals surface area contributed by atoms with Gasteiger partial charge in [-0.05, 0) is 19.9 Å². The number of nitrogens with one attached hydrogen (secondary N) is 1. The fourth-order valence-electron chi connectivity index (χ4n) is 3.98. The maximum absolute atomic E-state index is 13.1. The van der Waals surface area contributed by atoms with Crippen LogP contribution in [-0.4, -0.2) is 24.0 Å². The van der Waals surface area contributed by atoms with E-state index in [1.54, 1.807) is 12.1 Å². The molecule has 4 rings (SSSR count). The summed E-state index contributed by atoms with van der Waals surface area (Å²) in [5.41, 5.74) is 0.568. The molecule has 5 nitrogen and oxygen atoms in total. The van der Waals surface area contributed by atoms with E-state index in [1.807, 2.05) is 50.2 Å². The van der Waals surface area contributed by atoms with Crippen LogP contribution in [0.3, 0.4) is 0 Å². The molecule has 0 radical (unpaired) electrons. The summed E-state index contributed by atoms with van der Waals surface area (Å²) in [7, 11) is 0. The van der Waals surface area contributed by atoms with Gasteiger partial charge in [0, 0.05) is 23.5 Å². The van der Waals surface area contributed by atoms with Crippen molar-refractivity contribution in [2.24, 2.45) is 5.92 Å². The zero-order chi connectivity index (χ0) is 18.3. The Bertz CT molecular complexity index is 864. The molecule has 2 aliphatic rings. The normalized spacial score (nSPS) is 26.3. The number of amides is 1. The smallest absolute Gasteiger partial charge is 0.234 e. The highest BCUT2D eigenvalue weighted by Gasteiger charge is 2.52. The second kappa shape index (κ2) is 6.16. The first-order chi connectivity index (χ1) is 12.5. The molecule has 2 aromatic carbocycles. The number of benzene rings is 2. The fraction of sp³-hybridized carbons (Fsp3) is 0.333. The number of hydrogen-bond acceptors (Lipinski definition) is 4. The predicted octanol–water partition coefficient (Wildman–Crippen LogP) is 3.30. The Kier molecular flexibility index (Phi) is 3.94. The van der Waals surface area contributed by atoms with Crippen LogP contribution < -0.4 is 14.8 Å². The number of carbonyl (C=O) groups excluding carboxylic acids is 2. The van der Waals surface area contributed by atoms with Crippen molar-refractivity contribution in [1.29, 1.82) is 0 Å². The Morgan fingerprint density at radius 1 is 1.23 bits per heavy atom. The molecule has 0 saturated carbocycles. The van der Waals surface area contributed by atoms with E-state index >= 15 is 0 Å². The summed E-state index contributed by atoms with van der Waals surface area (Å²) in [4.78, 5) is 25.9. The Labute approximate surface area is 152 Å². The van der Waals surface area contributed by atoms with Crippen molar-refractivity contribution in [1.82, 2.24) is 5.32 Å². The molecule has 1 N–H and O–H groups in total. The molecular formula is C21H21NO4. The average molecular weight is 351 g/mol. The Balaban J connectivity index is 1.80. The van der Waals surface area contributed by atoms with Crippen LogP contribution >= 0.6 is 0 Å². The van der Waals surface area contributed by atoms with Crippen molar-refractivity contribution >= 4 is 11.7 Å². The van der Waals surface area contributed by atoms with E-state index < -0.39 is 11.6 Å². The van der Waals surface area contributed by atoms with Gasteiger partial charge in [0.15, 0.2) is 23.0 Å². The summed E-state index contributed by atoms with van der Waals surface area (Å²) in [6.07, 6.45) is 0.546. The third-order valence-electron chi connectivity index (χ3n) is 5.06. The van der Waals surface area contributed by atoms with Gasteiger partial charge in [0.2, 0.25) is 5.91 Å². The van der Waals surface area contributed by atoms with Crippen LogP contribution in [0.15, 0.2) is 48.5 Å². The number of para-hydroxylation sites is 1. The van der Waals surface area contributed by atoms with Gasteiger partial charge in [-0.1, -0.05) is 42.5 Å². The van der Waals surface area contributed by atoms with Gasteiger partial charge in [0.1, 0.15) is 5.92 Å². The molecule has 0 aliphatic carbocycles. The molecule has 2 heterocycles. The van der Waals surface area contributed by atoms with E-state index in [-0.39, 0.29) is 17.6 Å². The van der Waals surface area contributed by atoms with E-state index in [1.165, 1.54) is 0 Å². The summed E-state index contributed by atoms with van der Waals surface area (Å²) in [5.74, 6) is -0.201. The SMILES string of the molecule is CCOc1cccc2c1OC1(C)CC2C(C(=O)c2ccccc2)C(=O)N1. The highest BCUT2D eigenvalue weighted by molar-refractivity contribution is 6.11. The second-order valence-corrected chi connectivity index (χ2v) is 6.95. The molecular weight excluding hydrogens is 330 g/mol. The molecule has 3 unspecified atom stereocenters. The number of ether oxygens (including phenoxy) is 2. The van der Waals surface area contributed by atoms with Crippen LogP contribution in [0, 0.1) is 5.92 Å². The van der Waals surface area contributed by atoms with Crippen LogP contribution in [0.2, 0.25) is 0 Å². The number of rotatable bonds is 4. The van der Waals surface area contributed by atoms with Gasteiger partial charge >= 0.3 is 0 Å². The van der Waals surface area contributed by atoms with Gasteiger partial charge in [-0.25, -0.2) is 0 Å². The quantitative estimate of drug-likeness (QED) is 0.678. The van der Waals surface area contributed by atoms with Crippen LogP contribution in [0.5, 0.6) is 11.5 Å². The van der Waals surface area contributed by atoms with Gasteiger partial charge in [-0.2, -0.15) is 0 Å². The first kappa shape index (κ1) is 16.6. The molecule has 134 valence electrons. The summed E-state index contributed by atoms with van der Waals surface area (Å²) >= 11 is 0. The van der Waals surface area contributed by atoms with Gasteiger partial charge in [0.25, 0.3) is 0 Å². The maximum atomic E-state index is 13.1. The lowest BCUT2D eigenvalue weighted by molar-refractivity contribution is -0.137. The van der Waals surface area contributed by atoms with Crippen molar-refractivity contribution in [3.63, 3.8) is 0 Å². The molecule has 26 heavy (non-hydrogen) atoms. The largest absolute Gasteiger partial charge is 0.490 e. The minimum atomic E-state index is -0.838. The summed E-state index contributed by atoms with van der Waals surface area (Å²) < 4.78 is 11.8. The molecule has 2 aromatic rings. The first-order valence-corrected chi connectivity index (χ1v) is 8.88. The Hall–Kier alpha value is -2.82. The van der Waals surface area contributed by atoms with Gasteiger partial charge in [-0.3, -0.25) is 9.59 Å². The highest BCUT2D eigenvalue weighted by Crippen LogP contribution is 2.50. The zero-order valence-electron chi connectivity index (χ0n) is 14.8. The van der Waals surface area contributed by atoms with Crippen molar-refractivity contribution in [3.8, 4) is 11.5 Å². The summed E-state index contributed by atoms with van der Waals surface area (Å²) in [6, 6.07) is 14.6. The van der Waals surface area contributed by atoms with Crippen molar-refractivity contribution < 1.29 is 19.1 Å². The lowest BCUT2D eigenvalue weighted by Crippen LogP contribution is -2.61. The van der Waals surface area contributed by atoms with Crippen LogP contribution in [0.1, 0.15) is 42.1 Å². The molecule has 1 fully saturated rings. The topological polar surface area (TPSA) is 64.6 Å². The number of piperidine rings is 1. The Morgan fingerprint density at radius 3 is 2.73 bits per heavy atom. The summed E-state index contributed by atoms with van der Waals surface area (Å²) in [5, 5.41) is 2.90. The number of carbonyl (C=O) groups is 2. The van der Waals surface area contributed by atoms with E-state index in [4.69, 9.17) is 9.47 Å². The molecule has 3 atom stereocenters. The Morgan fingerprint density at radius 2 is 2.00 bits per heavy atom. The van der Waals surface area contributed by atoms with Gasteiger partial charge in [0.05, 0.1) is 6.61 Å². The number of ketones is 1. The molecule has 2 bridgehead atoms. The van der Waals surface area contributed by atoms with E-state index in [0.29, 0.717) is 30.1 Å². The van der Waals surface area contributed by atoms with Crippen molar-refractivity contribution in [2.75, 3.05) is 6.61 Å². The maximum Gasteiger partial charge on any atom is 0.234 e. The first-order valence-electron chi connectivity index (χ1n) is 8.88. The lowest BCUT2D eigenvalue weighted by Gasteiger charge is -2.47. The molecule has 5 heteroatoms. The third kappa shape index (κ3) is 2.64. The van der Waals surface area contributed by atoms with Crippen molar-refractivity contribution in [2.45, 2.75) is 31.9 Å². The summed E-state index contributed by atoms with van der Waals surface area (Å²) in [6.45, 7) is 4.26. The van der Waals surface area contributed by atoms with Crippen LogP contribution in [0.25, 0.3) is 0 Å². The van der Waals surface area contributed by atoms with Gasteiger partial charge in [-0.15, -0.1) is 0 Å². The molecule has 1 amide bonds. The fourth-order valence-corrected chi connectivity index (χ4v) is 3.98. The number of hydrogen-bond donors (Lipinski definition) is 1. The van der Waals surface area contributed by atoms with Crippen LogP contribution in [-0.2, 0) is 4.79 Å². The van der Waals surface area contributed by atoms with Crippen molar-refractivity contribution in [3.05, 3.63) is 59.7 Å². The molecule has 2 aliphatic heterocycles. The monoisotopic (exact) mass is 351 g/mol. The molecule has 1 saturated heterocycles. The minimum absolute atomic E-state index is 0.162. The van der Waals surface area contributed by atoms with E-state index in [9.17, 15) is 9.59 Å². The average Bonchev–Trinajstić information content (AvgIpc) is 2.62. The predicted molar refractivity (Wildman–Crippen MR) is 96.4 cm³/mol. The number of Topliss-reactive ketones (excluding diaryl/α,β-unsaturated/α-hetero) is 1. The third-order valence-corrected chi connectivity index (χ3v) is 5.06. The van der Waals surface area contributed by atoms with Gasteiger partial charge < -0.3 is 14.8 Å². The lowest BCUT2D eigenvalue weighted by atomic mass is 9.72. The number of fused-ring (bicyclic) bond motifs is 4. The second-order valence-electron chi connectivity index (χ2n) is 6.95. The zero-order valence-corrected chi connectivity index (χ0v) is 14.8. The van der Waals surface area contributed by atoms with E-state index in [2.05, 4.69) is 5.32 Å². The highest BCUT2D eigenvalue weighted by atomic mass is 16.5. The van der Waals surface area contributed by atoms with Crippen LogP contribution in [0.4, 0.5) is 0 Å². The standard InChI is InChI=1S/C21H21NO4/c1-3-25-16-11-7-10-14-15-12-21(2,26-19(14)16)22-20(24)17(15)18(23)13-8-5-4-6-9-13/h4-11,15,17H,3,12H2,1-2H3,(H,22,24). The molecule has 0 spiro atoms. The minimum Gasteiger partial charge on any atom is -0.490 e. The van der Waals surface area contributed by atoms with E-state index in [0.717, 1.165) is 5.56 Å². The molecule has 0 aromatic heterocycles.